The number of benzene rings is 3. The van der Waals surface area contributed by atoms with Crippen LogP contribution in [0.3, 0.4) is 0 Å². The Labute approximate surface area is 243 Å². The van der Waals surface area contributed by atoms with E-state index in [9.17, 15) is 22.8 Å². The van der Waals surface area contributed by atoms with Gasteiger partial charge in [0.25, 0.3) is 5.91 Å². The molecule has 0 atom stereocenters. The summed E-state index contributed by atoms with van der Waals surface area (Å²) in [5.74, 6) is 0.347. The van der Waals surface area contributed by atoms with Gasteiger partial charge in [0.2, 0.25) is 5.91 Å². The van der Waals surface area contributed by atoms with Gasteiger partial charge < -0.3 is 19.7 Å². The monoisotopic (exact) mass is 597 g/mol. The normalized spacial score (nSPS) is 12.6. The number of ether oxygens (including phenoxy) is 2. The molecule has 0 radical (unpaired) electrons. The third-order valence-electron chi connectivity index (χ3n) is 6.67. The lowest BCUT2D eigenvalue weighted by Gasteiger charge is -2.17. The Balaban J connectivity index is 1.40. The topological polar surface area (TPSA) is 98.6 Å². The van der Waals surface area contributed by atoms with Crippen LogP contribution in [-0.2, 0) is 23.9 Å². The summed E-state index contributed by atoms with van der Waals surface area (Å²) in [4.78, 5) is 27.8. The first-order valence-corrected chi connectivity index (χ1v) is 13.8. The van der Waals surface area contributed by atoms with E-state index >= 15 is 0 Å². The molecule has 9 nitrogen and oxygen atoms in total. The molecule has 42 heavy (non-hydrogen) atoms. The van der Waals surface area contributed by atoms with E-state index in [0.29, 0.717) is 18.0 Å². The third-order valence-corrected chi connectivity index (χ3v) is 7.58. The van der Waals surface area contributed by atoms with Gasteiger partial charge in [-0.15, -0.1) is 10.2 Å². The molecule has 5 rings (SSSR count). The number of alkyl halides is 3. The number of rotatable bonds is 9. The van der Waals surface area contributed by atoms with Gasteiger partial charge in [-0.1, -0.05) is 36.0 Å². The minimum atomic E-state index is -4.57. The fourth-order valence-corrected chi connectivity index (χ4v) is 5.44. The number of methoxy groups -OCH3 is 2. The molecule has 1 aromatic heterocycles. The number of aromatic nitrogens is 3. The van der Waals surface area contributed by atoms with E-state index < -0.39 is 17.6 Å². The van der Waals surface area contributed by atoms with Crippen LogP contribution >= 0.6 is 11.8 Å². The van der Waals surface area contributed by atoms with Gasteiger partial charge >= 0.3 is 6.18 Å². The van der Waals surface area contributed by atoms with E-state index in [1.165, 1.54) is 43.1 Å². The van der Waals surface area contributed by atoms with Gasteiger partial charge in [0.05, 0.1) is 37.8 Å². The smallest absolute Gasteiger partial charge is 0.416 e. The summed E-state index contributed by atoms with van der Waals surface area (Å²) in [5.41, 5.74) is 1.47. The van der Waals surface area contributed by atoms with Crippen molar-refractivity contribution in [3.8, 4) is 17.2 Å². The number of nitrogens with one attached hydrogen (secondary N) is 1. The SMILES string of the molecule is COc1cc(OC)cc(C(=O)NCc2nnc(SCC(=O)N3CCc4ccccc43)n2-c2cccc(C(F)(F)F)c2)c1. The molecule has 0 spiro atoms. The van der Waals surface area contributed by atoms with Gasteiger partial charge in [-0.05, 0) is 48.4 Å². The molecule has 0 saturated heterocycles. The first-order chi connectivity index (χ1) is 20.2. The number of amides is 2. The maximum atomic E-state index is 13.6. The van der Waals surface area contributed by atoms with Crippen molar-refractivity contribution < 1.29 is 32.2 Å². The molecule has 13 heteroatoms. The van der Waals surface area contributed by atoms with E-state index in [-0.39, 0.29) is 40.4 Å². The number of hydrogen-bond donors (Lipinski definition) is 1. The standard InChI is InChI=1S/C29H26F3N5O4S/c1-40-22-12-19(13-23(15-22)41-2)27(39)33-16-25-34-35-28(37(25)21-8-5-7-20(14-21)29(30,31)32)42-17-26(38)36-11-10-18-6-3-4-9-24(18)36/h3-9,12-15H,10-11,16-17H2,1-2H3,(H,33,39). The van der Waals surface area contributed by atoms with E-state index in [1.807, 2.05) is 24.3 Å². The van der Waals surface area contributed by atoms with Crippen LogP contribution < -0.4 is 19.7 Å². The van der Waals surface area contributed by atoms with Gasteiger partial charge in [-0.25, -0.2) is 0 Å². The van der Waals surface area contributed by atoms with E-state index in [4.69, 9.17) is 9.47 Å². The zero-order valence-electron chi connectivity index (χ0n) is 22.6. The molecule has 3 aromatic carbocycles. The average molecular weight is 598 g/mol. The molecule has 4 aromatic rings. The fraction of sp³-hybridized carbons (Fsp3) is 0.241. The van der Waals surface area contributed by atoms with Gasteiger partial charge in [-0.3, -0.25) is 14.2 Å². The van der Waals surface area contributed by atoms with E-state index in [0.717, 1.165) is 41.6 Å². The molecule has 0 bridgehead atoms. The molecule has 2 amide bonds. The highest BCUT2D eigenvalue weighted by atomic mass is 32.2. The highest BCUT2D eigenvalue weighted by molar-refractivity contribution is 7.99. The van der Waals surface area contributed by atoms with E-state index in [1.54, 1.807) is 11.0 Å². The van der Waals surface area contributed by atoms with Crippen LogP contribution in [0, 0.1) is 0 Å². The number of para-hydroxylation sites is 1. The second kappa shape index (κ2) is 12.1. The van der Waals surface area contributed by atoms with Crippen LogP contribution in [0.15, 0.2) is 71.9 Å². The summed E-state index contributed by atoms with van der Waals surface area (Å²) in [5, 5.41) is 11.3. The number of hydrogen-bond acceptors (Lipinski definition) is 7. The first kappa shape index (κ1) is 29.0. The van der Waals surface area contributed by atoms with Gasteiger partial charge in [-0.2, -0.15) is 13.2 Å². The lowest BCUT2D eigenvalue weighted by atomic mass is 10.2. The zero-order valence-corrected chi connectivity index (χ0v) is 23.5. The van der Waals surface area contributed by atoms with Gasteiger partial charge in [0.15, 0.2) is 11.0 Å². The Bertz CT molecular complexity index is 1600. The Kier molecular flexibility index (Phi) is 8.39. The fourth-order valence-electron chi connectivity index (χ4n) is 4.59. The Hall–Kier alpha value is -4.52. The summed E-state index contributed by atoms with van der Waals surface area (Å²) in [6, 6.07) is 17.0. The molecule has 218 valence electrons. The average Bonchev–Trinajstić information content (AvgIpc) is 3.62. The molecule has 1 aliphatic heterocycles. The molecular weight excluding hydrogens is 571 g/mol. The lowest BCUT2D eigenvalue weighted by molar-refractivity contribution is -0.137. The van der Waals surface area contributed by atoms with Crippen molar-refractivity contribution in [1.82, 2.24) is 20.1 Å². The van der Waals surface area contributed by atoms with Gasteiger partial charge in [0, 0.05) is 23.9 Å². The van der Waals surface area contributed by atoms with Crippen molar-refractivity contribution in [2.75, 3.05) is 31.4 Å². The number of anilines is 1. The van der Waals surface area contributed by atoms with Crippen LogP contribution in [0.5, 0.6) is 11.5 Å². The molecule has 1 N–H and O–H groups in total. The Morgan fingerprint density at radius 2 is 1.71 bits per heavy atom. The molecule has 2 heterocycles. The molecule has 0 aliphatic carbocycles. The quantitative estimate of drug-likeness (QED) is 0.274. The summed E-state index contributed by atoms with van der Waals surface area (Å²) in [6.07, 6.45) is -3.83. The summed E-state index contributed by atoms with van der Waals surface area (Å²) in [6.45, 7) is 0.390. The predicted molar refractivity (Wildman–Crippen MR) is 150 cm³/mol. The van der Waals surface area contributed by atoms with Crippen LogP contribution in [0.25, 0.3) is 5.69 Å². The number of fused-ring (bicyclic) bond motifs is 1. The number of halogens is 3. The minimum Gasteiger partial charge on any atom is -0.497 e. The van der Waals surface area contributed by atoms with Crippen molar-refractivity contribution in [3.05, 3.63) is 89.2 Å². The number of nitrogens with zero attached hydrogens (tertiary/aromatic N) is 4. The minimum absolute atomic E-state index is 0.0125. The Morgan fingerprint density at radius 3 is 2.43 bits per heavy atom. The van der Waals surface area contributed by atoms with Crippen LogP contribution in [0.1, 0.15) is 27.3 Å². The molecule has 0 unspecified atom stereocenters. The number of carbonyl (C=O) groups excluding carboxylic acids is 2. The summed E-state index contributed by atoms with van der Waals surface area (Å²) >= 11 is 1.06. The Morgan fingerprint density at radius 1 is 0.976 bits per heavy atom. The van der Waals surface area contributed by atoms with Crippen LogP contribution in [0.4, 0.5) is 18.9 Å². The lowest BCUT2D eigenvalue weighted by Crippen LogP contribution is -2.30. The molecule has 0 fully saturated rings. The maximum absolute atomic E-state index is 13.6. The predicted octanol–water partition coefficient (Wildman–Crippen LogP) is 4.91. The van der Waals surface area contributed by atoms with Crippen molar-refractivity contribution in [2.24, 2.45) is 0 Å². The van der Waals surface area contributed by atoms with Crippen molar-refractivity contribution in [2.45, 2.75) is 24.3 Å². The first-order valence-electron chi connectivity index (χ1n) is 12.8. The summed E-state index contributed by atoms with van der Waals surface area (Å²) < 4.78 is 52.5. The number of thioether (sulfide) groups is 1. The second-order valence-corrected chi connectivity index (χ2v) is 10.2. The van der Waals surface area contributed by atoms with Crippen molar-refractivity contribution in [1.29, 1.82) is 0 Å². The molecular formula is C29H26F3N5O4S. The van der Waals surface area contributed by atoms with E-state index in [2.05, 4.69) is 15.5 Å². The highest BCUT2D eigenvalue weighted by Crippen LogP contribution is 2.33. The summed E-state index contributed by atoms with van der Waals surface area (Å²) in [7, 11) is 2.92. The third kappa shape index (κ3) is 6.20. The van der Waals surface area contributed by atoms with Crippen molar-refractivity contribution >= 4 is 29.3 Å². The maximum Gasteiger partial charge on any atom is 0.416 e. The molecule has 1 aliphatic rings. The second-order valence-electron chi connectivity index (χ2n) is 9.28. The van der Waals surface area contributed by atoms with Gasteiger partial charge in [0.1, 0.15) is 11.5 Å². The zero-order chi connectivity index (χ0) is 29.9. The highest BCUT2D eigenvalue weighted by Gasteiger charge is 2.31. The van der Waals surface area contributed by atoms with Crippen molar-refractivity contribution in [3.63, 3.8) is 0 Å². The largest absolute Gasteiger partial charge is 0.497 e. The van der Waals surface area contributed by atoms with Crippen LogP contribution in [0.2, 0.25) is 0 Å². The van der Waals surface area contributed by atoms with Crippen LogP contribution in [-0.4, -0.2) is 53.1 Å². The molecule has 0 saturated carbocycles. The number of carbonyl (C=O) groups is 2.